The lowest BCUT2D eigenvalue weighted by molar-refractivity contribution is -0.125. The van der Waals surface area contributed by atoms with Gasteiger partial charge in [0.05, 0.1) is 17.2 Å². The Hall–Kier alpha value is -2.63. The molecule has 0 radical (unpaired) electrons. The monoisotopic (exact) mass is 503 g/mol. The number of benzene rings is 1. The minimum Gasteiger partial charge on any atom is -0.338 e. The fraction of sp³-hybridized carbons (Fsp3) is 0.478. The molecule has 1 fully saturated rings. The van der Waals surface area contributed by atoms with E-state index in [9.17, 15) is 18.6 Å². The second kappa shape index (κ2) is 9.93. The van der Waals surface area contributed by atoms with Crippen LogP contribution in [-0.2, 0) is 15.6 Å². The molecular weight excluding hydrogens is 474 g/mol. The molecule has 11 heteroatoms. The molecule has 9 nitrogen and oxygen atoms in total. The molecule has 0 saturated carbocycles. The number of piperidine rings is 1. The Balaban J connectivity index is 1.74. The number of fused-ring (bicyclic) bond motifs is 1. The van der Waals surface area contributed by atoms with Gasteiger partial charge >= 0.3 is 6.03 Å². The fourth-order valence-electron chi connectivity index (χ4n) is 4.37. The van der Waals surface area contributed by atoms with E-state index in [1.807, 2.05) is 45.0 Å². The van der Waals surface area contributed by atoms with Crippen molar-refractivity contribution >= 4 is 60.8 Å². The van der Waals surface area contributed by atoms with Crippen LogP contribution in [0.3, 0.4) is 0 Å². The van der Waals surface area contributed by atoms with Crippen molar-refractivity contribution in [2.75, 3.05) is 30.7 Å². The number of carbonyl (C=O) groups is 3. The van der Waals surface area contributed by atoms with Crippen LogP contribution in [-0.4, -0.2) is 63.9 Å². The van der Waals surface area contributed by atoms with E-state index >= 15 is 0 Å². The van der Waals surface area contributed by atoms with Crippen LogP contribution in [0.25, 0.3) is 10.1 Å². The smallest absolute Gasteiger partial charge is 0.319 e. The fourth-order valence-corrected chi connectivity index (χ4v) is 6.21. The van der Waals surface area contributed by atoms with Crippen LogP contribution in [0.2, 0.25) is 0 Å². The third-order valence-electron chi connectivity index (χ3n) is 6.12. The van der Waals surface area contributed by atoms with Gasteiger partial charge < -0.3 is 16.0 Å². The summed E-state index contributed by atoms with van der Waals surface area (Å²) in [5.74, 6) is -0.834. The van der Waals surface area contributed by atoms with E-state index < -0.39 is 28.3 Å². The first-order chi connectivity index (χ1) is 16.3. The zero-order valence-electron chi connectivity index (χ0n) is 19.4. The highest BCUT2D eigenvalue weighted by Crippen LogP contribution is 2.41. The first kappa shape index (κ1) is 24.5. The van der Waals surface area contributed by atoms with Crippen LogP contribution in [0.1, 0.15) is 37.6 Å². The number of amides is 3. The molecule has 182 valence electrons. The molecule has 3 atom stereocenters. The van der Waals surface area contributed by atoms with Gasteiger partial charge in [-0.25, -0.2) is 4.79 Å². The number of urea groups is 1. The summed E-state index contributed by atoms with van der Waals surface area (Å²) >= 11 is 1.32. The van der Waals surface area contributed by atoms with E-state index in [1.54, 1.807) is 0 Å². The number of amidine groups is 1. The molecule has 2 aliphatic rings. The zero-order chi connectivity index (χ0) is 24.5. The van der Waals surface area contributed by atoms with Crippen LogP contribution in [0.5, 0.6) is 0 Å². The molecule has 0 bridgehead atoms. The van der Waals surface area contributed by atoms with E-state index in [1.165, 1.54) is 11.3 Å². The Morgan fingerprint density at radius 3 is 2.82 bits per heavy atom. The number of Topliss-reactive ketones (excluding diaryl/α,β-unsaturated/α-hetero) is 1. The highest BCUT2D eigenvalue weighted by Gasteiger charge is 2.54. The maximum Gasteiger partial charge on any atom is 0.319 e. The summed E-state index contributed by atoms with van der Waals surface area (Å²) in [7, 11) is -1.18. The number of ketones is 1. The van der Waals surface area contributed by atoms with E-state index in [-0.39, 0.29) is 29.2 Å². The van der Waals surface area contributed by atoms with Crippen molar-refractivity contribution in [2.45, 2.75) is 38.0 Å². The molecule has 1 saturated heterocycles. The second-order valence-corrected chi connectivity index (χ2v) is 11.7. The van der Waals surface area contributed by atoms with Crippen molar-refractivity contribution in [2.24, 2.45) is 10.9 Å². The lowest BCUT2D eigenvalue weighted by Gasteiger charge is -2.36. The van der Waals surface area contributed by atoms with Crippen molar-refractivity contribution in [1.82, 2.24) is 16.0 Å². The Labute approximate surface area is 204 Å². The van der Waals surface area contributed by atoms with Gasteiger partial charge in [-0.2, -0.15) is 0 Å². The van der Waals surface area contributed by atoms with Gasteiger partial charge in [-0.15, -0.1) is 11.3 Å². The van der Waals surface area contributed by atoms with Gasteiger partial charge in [-0.3, -0.25) is 24.1 Å². The van der Waals surface area contributed by atoms with E-state index in [0.29, 0.717) is 35.9 Å². The predicted molar refractivity (Wildman–Crippen MR) is 136 cm³/mol. The number of anilines is 1. The Kier molecular flexibility index (Phi) is 7.15. The Morgan fingerprint density at radius 1 is 1.32 bits per heavy atom. The molecule has 3 heterocycles. The van der Waals surface area contributed by atoms with Crippen molar-refractivity contribution in [3.63, 3.8) is 0 Å². The number of aliphatic imine (C=N–C) groups is 1. The summed E-state index contributed by atoms with van der Waals surface area (Å²) in [5.41, 5.74) is -0.868. The van der Waals surface area contributed by atoms with Crippen molar-refractivity contribution in [1.29, 1.82) is 0 Å². The maximum atomic E-state index is 14.1. The number of hydrogen-bond donors (Lipinski definition) is 4. The number of hydrogen-bond acceptors (Lipinski definition) is 7. The van der Waals surface area contributed by atoms with Gasteiger partial charge in [0.25, 0.3) is 5.91 Å². The van der Waals surface area contributed by atoms with Gasteiger partial charge in [0.15, 0.2) is 11.3 Å². The molecule has 2 aromatic rings. The average molecular weight is 504 g/mol. The maximum absolute atomic E-state index is 14.1. The highest BCUT2D eigenvalue weighted by atomic mass is 32.2. The molecule has 3 unspecified atom stereocenters. The number of carbonyl (C=O) groups excluding carboxylic acids is 3. The molecule has 1 aromatic heterocycles. The number of rotatable bonds is 7. The number of nitrogens with zero attached hydrogens (tertiary/aromatic N) is 1. The summed E-state index contributed by atoms with van der Waals surface area (Å²) in [6.45, 7) is 6.78. The third-order valence-corrected chi connectivity index (χ3v) is 8.82. The van der Waals surface area contributed by atoms with Crippen molar-refractivity contribution < 1.29 is 18.6 Å². The molecule has 3 amide bonds. The molecule has 4 rings (SSSR count). The van der Waals surface area contributed by atoms with Gasteiger partial charge in [0.2, 0.25) is 0 Å². The molecular formula is C23H29N5O4S2. The normalized spacial score (nSPS) is 23.1. The molecule has 0 aliphatic carbocycles. The topological polar surface area (TPSA) is 129 Å². The van der Waals surface area contributed by atoms with E-state index in [2.05, 4.69) is 21.3 Å². The molecule has 1 aromatic carbocycles. The average Bonchev–Trinajstić information content (AvgIpc) is 3.30. The van der Waals surface area contributed by atoms with Crippen LogP contribution in [0.4, 0.5) is 9.80 Å². The first-order valence-corrected chi connectivity index (χ1v) is 13.5. The van der Waals surface area contributed by atoms with Gasteiger partial charge in [-0.1, -0.05) is 32.0 Å². The third kappa shape index (κ3) is 4.51. The van der Waals surface area contributed by atoms with E-state index in [4.69, 9.17) is 4.99 Å². The summed E-state index contributed by atoms with van der Waals surface area (Å²) in [4.78, 5) is 44.3. The van der Waals surface area contributed by atoms with Crippen LogP contribution < -0.4 is 21.3 Å². The van der Waals surface area contributed by atoms with Crippen LogP contribution in [0, 0.1) is 5.92 Å². The van der Waals surface area contributed by atoms with Gasteiger partial charge in [-0.05, 0) is 26.0 Å². The number of thiophene rings is 1. The molecule has 1 spiro atoms. The molecule has 4 N–H and O–H groups in total. The van der Waals surface area contributed by atoms with Gasteiger partial charge in [0.1, 0.15) is 10.8 Å². The molecule has 34 heavy (non-hydrogen) atoms. The van der Waals surface area contributed by atoms with Gasteiger partial charge in [0, 0.05) is 39.2 Å². The van der Waals surface area contributed by atoms with Crippen LogP contribution in [0.15, 0.2) is 29.3 Å². The summed E-state index contributed by atoms with van der Waals surface area (Å²) < 4.78 is 13.2. The Morgan fingerprint density at radius 2 is 2.09 bits per heavy atom. The SMILES string of the molecule is CCNC(=O)Nc1sc2ccccc2c1C(=O)C1CNCCC12N=C(CS(=O)C(C)C)NC2=O. The summed E-state index contributed by atoms with van der Waals surface area (Å²) in [5, 5.41) is 12.6. The minimum absolute atomic E-state index is 0.0679. The second-order valence-electron chi connectivity index (χ2n) is 8.67. The predicted octanol–water partition coefficient (Wildman–Crippen LogP) is 2.26. The zero-order valence-corrected chi connectivity index (χ0v) is 21.0. The summed E-state index contributed by atoms with van der Waals surface area (Å²) in [6, 6.07) is 7.07. The standard InChI is InChI=1S/C23H29N5O4S2/c1-4-25-22(31)27-20-18(14-7-5-6-8-16(14)33-20)19(29)15-11-24-10-9-23(15)21(30)26-17(28-23)12-34(32)13(2)3/h5-8,13,15,24H,4,9-12H2,1-3H3,(H2,25,27,31)(H,26,28,30). The summed E-state index contributed by atoms with van der Waals surface area (Å²) in [6.07, 6.45) is 0.355. The number of nitrogens with one attached hydrogen (secondary N) is 4. The van der Waals surface area contributed by atoms with Crippen molar-refractivity contribution in [3.05, 3.63) is 29.8 Å². The first-order valence-electron chi connectivity index (χ1n) is 11.4. The van der Waals surface area contributed by atoms with E-state index in [0.717, 1.165) is 10.1 Å². The lowest BCUT2D eigenvalue weighted by atomic mass is 9.74. The largest absolute Gasteiger partial charge is 0.338 e. The highest BCUT2D eigenvalue weighted by molar-refractivity contribution is 7.86. The van der Waals surface area contributed by atoms with Crippen molar-refractivity contribution in [3.8, 4) is 0 Å². The Bertz CT molecular complexity index is 1190. The minimum atomic E-state index is -1.26. The quantitative estimate of drug-likeness (QED) is 0.431. The lowest BCUT2D eigenvalue weighted by Crippen LogP contribution is -2.57. The van der Waals surface area contributed by atoms with Crippen LogP contribution >= 0.6 is 11.3 Å². The molecule has 2 aliphatic heterocycles.